The minimum atomic E-state index is 0.464. The lowest BCUT2D eigenvalue weighted by Crippen LogP contribution is -2.22. The van der Waals surface area contributed by atoms with Crippen LogP contribution in [0.4, 0.5) is 5.69 Å². The van der Waals surface area contributed by atoms with Gasteiger partial charge in [0.2, 0.25) is 0 Å². The Balaban J connectivity index is 1.99. The first-order chi connectivity index (χ1) is 6.79. The van der Waals surface area contributed by atoms with Crippen molar-refractivity contribution in [1.82, 2.24) is 0 Å². The number of benzene rings is 1. The molecule has 1 saturated heterocycles. The zero-order chi connectivity index (χ0) is 9.97. The predicted octanol–water partition coefficient (Wildman–Crippen LogP) is 2.08. The Labute approximate surface area is 85.5 Å². The molecule has 2 rings (SSSR count). The van der Waals surface area contributed by atoms with Gasteiger partial charge >= 0.3 is 0 Å². The van der Waals surface area contributed by atoms with Gasteiger partial charge in [0.1, 0.15) is 0 Å². The van der Waals surface area contributed by atoms with E-state index in [1.165, 1.54) is 11.3 Å². The number of hydrogen-bond acceptors (Lipinski definition) is 2. The van der Waals surface area contributed by atoms with Crippen LogP contribution in [0.3, 0.4) is 0 Å². The van der Waals surface area contributed by atoms with Gasteiger partial charge in [0.25, 0.3) is 0 Å². The topological polar surface area (TPSA) is 15.8 Å². The molecule has 1 aromatic rings. The highest BCUT2D eigenvalue weighted by Gasteiger charge is 2.23. The van der Waals surface area contributed by atoms with Crippen LogP contribution in [0, 0.1) is 0 Å². The molecule has 1 aliphatic rings. The fourth-order valence-electron chi connectivity index (χ4n) is 1.57. The van der Waals surface area contributed by atoms with Crippen LogP contribution in [0.5, 0.6) is 0 Å². The van der Waals surface area contributed by atoms with E-state index < -0.39 is 0 Å². The van der Waals surface area contributed by atoms with E-state index in [0.717, 1.165) is 19.6 Å². The summed E-state index contributed by atoms with van der Waals surface area (Å²) < 4.78 is 5.20. The summed E-state index contributed by atoms with van der Waals surface area (Å²) in [5.74, 6) is 0. The minimum absolute atomic E-state index is 0.464. The van der Waals surface area contributed by atoms with Gasteiger partial charge in [0, 0.05) is 19.3 Å². The van der Waals surface area contributed by atoms with E-state index in [1.807, 2.05) is 0 Å². The fraction of sp³-hybridized carbons (Fsp3) is 0.500. The van der Waals surface area contributed by atoms with Crippen LogP contribution < -0.4 is 4.90 Å². The van der Waals surface area contributed by atoms with Gasteiger partial charge < -0.3 is 9.64 Å². The molecule has 1 atom stereocenters. The summed E-state index contributed by atoms with van der Waals surface area (Å²) in [7, 11) is 2.11. The van der Waals surface area contributed by atoms with Gasteiger partial charge in [-0.3, -0.25) is 0 Å². The molecule has 0 saturated carbocycles. The highest BCUT2D eigenvalue weighted by Crippen LogP contribution is 2.18. The summed E-state index contributed by atoms with van der Waals surface area (Å²) in [6.45, 7) is 4.11. The fourth-order valence-corrected chi connectivity index (χ4v) is 1.57. The number of nitrogens with zero attached hydrogens (tertiary/aromatic N) is 1. The van der Waals surface area contributed by atoms with E-state index in [2.05, 4.69) is 43.1 Å². The van der Waals surface area contributed by atoms with E-state index in [-0.39, 0.29) is 0 Å². The Morgan fingerprint density at radius 3 is 2.50 bits per heavy atom. The first-order valence-electron chi connectivity index (χ1n) is 5.21. The summed E-state index contributed by atoms with van der Waals surface area (Å²) in [6, 6.07) is 8.75. The number of anilines is 1. The van der Waals surface area contributed by atoms with Crippen LogP contribution in [-0.2, 0) is 11.2 Å². The van der Waals surface area contributed by atoms with Gasteiger partial charge in [-0.1, -0.05) is 19.1 Å². The smallest absolute Gasteiger partial charge is 0.0984 e. The van der Waals surface area contributed by atoms with Gasteiger partial charge in [-0.15, -0.1) is 0 Å². The van der Waals surface area contributed by atoms with Crippen molar-refractivity contribution in [2.45, 2.75) is 19.4 Å². The van der Waals surface area contributed by atoms with Crippen molar-refractivity contribution >= 4 is 5.69 Å². The zero-order valence-corrected chi connectivity index (χ0v) is 8.86. The van der Waals surface area contributed by atoms with Gasteiger partial charge in [0.15, 0.2) is 0 Å². The average molecular weight is 191 g/mol. The van der Waals surface area contributed by atoms with E-state index in [9.17, 15) is 0 Å². The summed E-state index contributed by atoms with van der Waals surface area (Å²) in [5, 5.41) is 0. The van der Waals surface area contributed by atoms with Crippen molar-refractivity contribution in [3.8, 4) is 0 Å². The molecule has 0 radical (unpaired) electrons. The molecular formula is C12H17NO. The minimum Gasteiger partial charge on any atom is -0.372 e. The maximum Gasteiger partial charge on any atom is 0.0984 e. The number of aryl methyl sites for hydroxylation is 1. The highest BCUT2D eigenvalue weighted by molar-refractivity contribution is 5.47. The third kappa shape index (κ3) is 2.26. The van der Waals surface area contributed by atoms with E-state index in [4.69, 9.17) is 4.74 Å². The molecule has 0 bridgehead atoms. The van der Waals surface area contributed by atoms with Crippen molar-refractivity contribution in [3.05, 3.63) is 29.8 Å². The summed E-state index contributed by atoms with van der Waals surface area (Å²) in [4.78, 5) is 2.25. The average Bonchev–Trinajstić information content (AvgIpc) is 3.02. The van der Waals surface area contributed by atoms with E-state index >= 15 is 0 Å². The van der Waals surface area contributed by atoms with Crippen LogP contribution in [0.25, 0.3) is 0 Å². The third-order valence-corrected chi connectivity index (χ3v) is 2.67. The monoisotopic (exact) mass is 191 g/mol. The molecule has 0 N–H and O–H groups in total. The van der Waals surface area contributed by atoms with Crippen molar-refractivity contribution in [2.75, 3.05) is 25.1 Å². The molecule has 1 fully saturated rings. The van der Waals surface area contributed by atoms with Gasteiger partial charge in [-0.2, -0.15) is 0 Å². The van der Waals surface area contributed by atoms with E-state index in [0.29, 0.717) is 6.10 Å². The lowest BCUT2D eigenvalue weighted by atomic mass is 10.1. The van der Waals surface area contributed by atoms with Gasteiger partial charge in [-0.25, -0.2) is 0 Å². The lowest BCUT2D eigenvalue weighted by molar-refractivity contribution is 0.410. The van der Waals surface area contributed by atoms with Crippen LogP contribution in [0.15, 0.2) is 24.3 Å². The second-order valence-corrected chi connectivity index (χ2v) is 3.86. The Kier molecular flexibility index (Phi) is 2.73. The molecule has 1 heterocycles. The number of rotatable bonds is 4. The molecule has 0 aromatic heterocycles. The first kappa shape index (κ1) is 9.53. The van der Waals surface area contributed by atoms with E-state index in [1.54, 1.807) is 0 Å². The lowest BCUT2D eigenvalue weighted by Gasteiger charge is -2.18. The molecule has 2 heteroatoms. The van der Waals surface area contributed by atoms with Crippen LogP contribution in [0.1, 0.15) is 12.5 Å². The maximum absolute atomic E-state index is 5.20. The summed E-state index contributed by atoms with van der Waals surface area (Å²) in [6.07, 6.45) is 1.57. The maximum atomic E-state index is 5.20. The number of hydrogen-bond donors (Lipinski definition) is 0. The molecule has 14 heavy (non-hydrogen) atoms. The van der Waals surface area contributed by atoms with Crippen LogP contribution in [-0.4, -0.2) is 26.3 Å². The SMILES string of the molecule is CCc1ccc(N(C)CC2CO2)cc1. The van der Waals surface area contributed by atoms with Crippen molar-refractivity contribution in [1.29, 1.82) is 0 Å². The van der Waals surface area contributed by atoms with Gasteiger partial charge in [-0.05, 0) is 24.1 Å². The molecule has 0 spiro atoms. The summed E-state index contributed by atoms with van der Waals surface area (Å²) >= 11 is 0. The molecule has 0 aliphatic carbocycles. The van der Waals surface area contributed by atoms with Crippen molar-refractivity contribution in [2.24, 2.45) is 0 Å². The van der Waals surface area contributed by atoms with Crippen molar-refractivity contribution < 1.29 is 4.74 Å². The molecule has 0 amide bonds. The standard InChI is InChI=1S/C12H17NO/c1-3-10-4-6-11(7-5-10)13(2)8-12-9-14-12/h4-7,12H,3,8-9H2,1-2H3. The first-order valence-corrected chi connectivity index (χ1v) is 5.21. The highest BCUT2D eigenvalue weighted by atomic mass is 16.6. The second kappa shape index (κ2) is 4.01. The molecule has 1 aromatic carbocycles. The Morgan fingerprint density at radius 2 is 2.00 bits per heavy atom. The van der Waals surface area contributed by atoms with Crippen LogP contribution >= 0.6 is 0 Å². The third-order valence-electron chi connectivity index (χ3n) is 2.67. The number of likely N-dealkylation sites (N-methyl/N-ethyl adjacent to an activating group) is 1. The summed E-state index contributed by atoms with van der Waals surface area (Å²) in [5.41, 5.74) is 2.67. The molecule has 2 nitrogen and oxygen atoms in total. The molecule has 1 unspecified atom stereocenters. The normalized spacial score (nSPS) is 19.4. The molecular weight excluding hydrogens is 174 g/mol. The van der Waals surface area contributed by atoms with Crippen molar-refractivity contribution in [3.63, 3.8) is 0 Å². The number of ether oxygens (including phenoxy) is 1. The Hall–Kier alpha value is -1.02. The Morgan fingerprint density at radius 1 is 1.36 bits per heavy atom. The van der Waals surface area contributed by atoms with Gasteiger partial charge in [0.05, 0.1) is 12.7 Å². The number of epoxide rings is 1. The molecule has 1 aliphatic heterocycles. The largest absolute Gasteiger partial charge is 0.372 e. The quantitative estimate of drug-likeness (QED) is 0.677. The van der Waals surface area contributed by atoms with Crippen LogP contribution in [0.2, 0.25) is 0 Å². The Bertz CT molecular complexity index is 290. The zero-order valence-electron chi connectivity index (χ0n) is 8.86. The molecule has 76 valence electrons. The predicted molar refractivity (Wildman–Crippen MR) is 58.8 cm³/mol. The second-order valence-electron chi connectivity index (χ2n) is 3.86.